The summed E-state index contributed by atoms with van der Waals surface area (Å²) in [6, 6.07) is 6.05. The van der Waals surface area contributed by atoms with Crippen LogP contribution < -0.4 is 5.32 Å². The van der Waals surface area contributed by atoms with E-state index in [1.807, 2.05) is 28.5 Å². The highest BCUT2D eigenvalue weighted by molar-refractivity contribution is 7.13. The van der Waals surface area contributed by atoms with E-state index in [9.17, 15) is 4.79 Å². The second-order valence-electron chi connectivity index (χ2n) is 4.70. The molecular weight excluding hydrogens is 296 g/mol. The van der Waals surface area contributed by atoms with Crippen LogP contribution in [-0.2, 0) is 0 Å². The van der Waals surface area contributed by atoms with Gasteiger partial charge in [-0.1, -0.05) is 6.07 Å². The Balaban J connectivity index is 0.00000147. The number of nitrogens with zero attached hydrogens (tertiary/aromatic N) is 2. The van der Waals surface area contributed by atoms with Gasteiger partial charge in [0.2, 0.25) is 0 Å². The number of hydrogen-bond acceptors (Lipinski definition) is 4. The van der Waals surface area contributed by atoms with Gasteiger partial charge < -0.3 is 10.2 Å². The minimum atomic E-state index is 0. The van der Waals surface area contributed by atoms with E-state index in [2.05, 4.69) is 22.4 Å². The molecule has 1 fully saturated rings. The maximum Gasteiger partial charge on any atom is 0.274 e. The maximum atomic E-state index is 12.4. The molecule has 0 aliphatic carbocycles. The lowest BCUT2D eigenvalue weighted by Gasteiger charge is -2.33. The van der Waals surface area contributed by atoms with Crippen molar-refractivity contribution < 1.29 is 4.79 Å². The molecule has 2 N–H and O–H groups in total. The first-order valence-corrected chi connectivity index (χ1v) is 7.24. The van der Waals surface area contributed by atoms with Crippen molar-refractivity contribution >= 4 is 29.7 Å². The molecule has 0 radical (unpaired) electrons. The lowest BCUT2D eigenvalue weighted by Crippen LogP contribution is -2.52. The van der Waals surface area contributed by atoms with Gasteiger partial charge in [-0.05, 0) is 24.4 Å². The van der Waals surface area contributed by atoms with Crippen LogP contribution in [0.5, 0.6) is 0 Å². The Labute approximate surface area is 127 Å². The summed E-state index contributed by atoms with van der Waals surface area (Å²) in [4.78, 5) is 15.4. The molecule has 0 unspecified atom stereocenters. The fourth-order valence-corrected chi connectivity index (χ4v) is 2.97. The van der Waals surface area contributed by atoms with E-state index in [-0.39, 0.29) is 24.4 Å². The summed E-state index contributed by atoms with van der Waals surface area (Å²) in [6.45, 7) is 4.48. The zero-order valence-corrected chi connectivity index (χ0v) is 12.8. The molecule has 2 aromatic heterocycles. The normalized spacial score (nSPS) is 18.6. The van der Waals surface area contributed by atoms with Gasteiger partial charge in [-0.25, -0.2) is 0 Å². The fraction of sp³-hybridized carbons (Fsp3) is 0.385. The van der Waals surface area contributed by atoms with E-state index in [1.165, 1.54) is 0 Å². The molecule has 7 heteroatoms. The Hall–Kier alpha value is -1.37. The highest BCUT2D eigenvalue weighted by Crippen LogP contribution is 2.23. The second kappa shape index (κ2) is 6.39. The largest absolute Gasteiger partial charge is 0.332 e. The molecule has 20 heavy (non-hydrogen) atoms. The third-order valence-electron chi connectivity index (χ3n) is 3.35. The summed E-state index contributed by atoms with van der Waals surface area (Å²) < 4.78 is 0. The van der Waals surface area contributed by atoms with Gasteiger partial charge >= 0.3 is 0 Å². The van der Waals surface area contributed by atoms with Gasteiger partial charge in [-0.3, -0.25) is 9.89 Å². The monoisotopic (exact) mass is 312 g/mol. The van der Waals surface area contributed by atoms with Gasteiger partial charge in [-0.15, -0.1) is 23.7 Å². The van der Waals surface area contributed by atoms with Crippen molar-refractivity contribution in [3.05, 3.63) is 29.3 Å². The van der Waals surface area contributed by atoms with E-state index < -0.39 is 0 Å². The number of rotatable bonds is 2. The van der Waals surface area contributed by atoms with Crippen molar-refractivity contribution in [3.63, 3.8) is 0 Å². The molecule has 0 spiro atoms. The number of halogens is 1. The van der Waals surface area contributed by atoms with Crippen LogP contribution in [0.2, 0.25) is 0 Å². The number of piperazine rings is 1. The quantitative estimate of drug-likeness (QED) is 0.891. The van der Waals surface area contributed by atoms with Crippen LogP contribution >= 0.6 is 23.7 Å². The first-order valence-electron chi connectivity index (χ1n) is 6.36. The van der Waals surface area contributed by atoms with Gasteiger partial charge in [0.15, 0.2) is 5.69 Å². The average molecular weight is 313 g/mol. The summed E-state index contributed by atoms with van der Waals surface area (Å²) in [5.74, 6) is 0.00746. The van der Waals surface area contributed by atoms with Crippen molar-refractivity contribution in [3.8, 4) is 10.6 Å². The molecular formula is C13H17ClN4OS. The maximum absolute atomic E-state index is 12.4. The summed E-state index contributed by atoms with van der Waals surface area (Å²) in [5, 5.41) is 12.4. The number of aromatic amines is 1. The Bertz CT molecular complexity index is 569. The average Bonchev–Trinajstić information content (AvgIpc) is 3.09. The molecule has 1 atom stereocenters. The molecule has 3 heterocycles. The van der Waals surface area contributed by atoms with Crippen LogP contribution in [0.3, 0.4) is 0 Å². The third-order valence-corrected chi connectivity index (χ3v) is 4.25. The molecule has 5 nitrogen and oxygen atoms in total. The van der Waals surface area contributed by atoms with Crippen molar-refractivity contribution in [1.82, 2.24) is 20.4 Å². The molecule has 2 aromatic rings. The van der Waals surface area contributed by atoms with Gasteiger partial charge in [0.1, 0.15) is 0 Å². The second-order valence-corrected chi connectivity index (χ2v) is 5.64. The summed E-state index contributed by atoms with van der Waals surface area (Å²) in [5.41, 5.74) is 1.40. The Morgan fingerprint density at radius 3 is 3.10 bits per heavy atom. The molecule has 1 aliphatic heterocycles. The van der Waals surface area contributed by atoms with E-state index in [1.54, 1.807) is 11.3 Å². The summed E-state index contributed by atoms with van der Waals surface area (Å²) >= 11 is 1.63. The standard InChI is InChI=1S/C13H16N4OS.ClH/c1-9-8-14-4-5-17(9)13(18)11-7-10(15-16-11)12-3-2-6-19-12;/h2-3,6-7,9,14H,4-5,8H2,1H3,(H,15,16);1H/t9-;/m0./s1. The topological polar surface area (TPSA) is 61.0 Å². The molecule has 1 aliphatic rings. The van der Waals surface area contributed by atoms with Crippen LogP contribution in [0, 0.1) is 0 Å². The Kier molecular flexibility index (Phi) is 4.80. The molecule has 0 aromatic carbocycles. The van der Waals surface area contributed by atoms with E-state index in [0.29, 0.717) is 5.69 Å². The minimum absolute atomic E-state index is 0. The predicted octanol–water partition coefficient (Wildman–Crippen LogP) is 1.99. The minimum Gasteiger partial charge on any atom is -0.332 e. The first kappa shape index (κ1) is 15.0. The number of nitrogens with one attached hydrogen (secondary N) is 2. The van der Waals surface area contributed by atoms with Crippen LogP contribution in [0.25, 0.3) is 10.6 Å². The molecule has 0 saturated carbocycles. The zero-order chi connectivity index (χ0) is 13.2. The molecule has 1 amide bonds. The van der Waals surface area contributed by atoms with Crippen LogP contribution in [0.1, 0.15) is 17.4 Å². The Morgan fingerprint density at radius 1 is 1.55 bits per heavy atom. The highest BCUT2D eigenvalue weighted by atomic mass is 35.5. The SMILES string of the molecule is C[C@H]1CNCCN1C(=O)c1cc(-c2cccs2)[nH]n1.Cl. The first-order chi connectivity index (χ1) is 9.25. The third kappa shape index (κ3) is 2.87. The lowest BCUT2D eigenvalue weighted by atomic mass is 10.2. The molecule has 1 saturated heterocycles. The van der Waals surface area contributed by atoms with Crippen LogP contribution in [0.15, 0.2) is 23.6 Å². The molecule has 3 rings (SSSR count). The smallest absolute Gasteiger partial charge is 0.274 e. The molecule has 108 valence electrons. The number of aromatic nitrogens is 2. The Morgan fingerprint density at radius 2 is 2.40 bits per heavy atom. The number of hydrogen-bond donors (Lipinski definition) is 2. The van der Waals surface area contributed by atoms with Crippen molar-refractivity contribution in [2.45, 2.75) is 13.0 Å². The lowest BCUT2D eigenvalue weighted by molar-refractivity contribution is 0.0649. The number of H-pyrrole nitrogens is 1. The fourth-order valence-electron chi connectivity index (χ4n) is 2.28. The van der Waals surface area contributed by atoms with Crippen molar-refractivity contribution in [2.75, 3.05) is 19.6 Å². The number of amides is 1. The van der Waals surface area contributed by atoms with Crippen molar-refractivity contribution in [2.24, 2.45) is 0 Å². The number of thiophene rings is 1. The molecule has 0 bridgehead atoms. The van der Waals surface area contributed by atoms with E-state index in [4.69, 9.17) is 0 Å². The van der Waals surface area contributed by atoms with Crippen LogP contribution in [0.4, 0.5) is 0 Å². The van der Waals surface area contributed by atoms with E-state index in [0.717, 1.165) is 30.2 Å². The van der Waals surface area contributed by atoms with Gasteiger partial charge in [0.25, 0.3) is 5.91 Å². The number of carbonyl (C=O) groups excluding carboxylic acids is 1. The summed E-state index contributed by atoms with van der Waals surface area (Å²) in [6.07, 6.45) is 0. The van der Waals surface area contributed by atoms with Gasteiger partial charge in [-0.2, -0.15) is 5.10 Å². The highest BCUT2D eigenvalue weighted by Gasteiger charge is 2.25. The van der Waals surface area contributed by atoms with Gasteiger partial charge in [0.05, 0.1) is 10.6 Å². The number of carbonyl (C=O) groups is 1. The zero-order valence-electron chi connectivity index (χ0n) is 11.1. The van der Waals surface area contributed by atoms with Crippen molar-refractivity contribution in [1.29, 1.82) is 0 Å². The van der Waals surface area contributed by atoms with Gasteiger partial charge in [0, 0.05) is 25.7 Å². The van der Waals surface area contributed by atoms with Crippen LogP contribution in [-0.4, -0.2) is 46.7 Å². The summed E-state index contributed by atoms with van der Waals surface area (Å²) in [7, 11) is 0. The van der Waals surface area contributed by atoms with E-state index >= 15 is 0 Å². The predicted molar refractivity (Wildman–Crippen MR) is 82.5 cm³/mol.